The normalized spacial score (nSPS) is 10.6. The number of aryl methyl sites for hydroxylation is 1. The van der Waals surface area contributed by atoms with Crippen LogP contribution in [0, 0.1) is 6.92 Å². The molecule has 0 bridgehead atoms. The number of thioether (sulfide) groups is 1. The lowest BCUT2D eigenvalue weighted by molar-refractivity contribution is 0.940. The van der Waals surface area contributed by atoms with Crippen LogP contribution in [0.25, 0.3) is 11.1 Å². The van der Waals surface area contributed by atoms with Crippen LogP contribution in [-0.2, 0) is 5.75 Å². The topological polar surface area (TPSA) is 51.8 Å². The molecule has 2 N–H and O–H groups in total. The summed E-state index contributed by atoms with van der Waals surface area (Å²) in [5, 5.41) is 0.727. The molecule has 0 amide bonds. The average Bonchev–Trinajstić information content (AvgIpc) is 2.53. The van der Waals surface area contributed by atoms with Crippen molar-refractivity contribution in [3.63, 3.8) is 0 Å². The second kappa shape index (κ2) is 6.62. The van der Waals surface area contributed by atoms with Crippen molar-refractivity contribution in [3.05, 3.63) is 71.9 Å². The Morgan fingerprint density at radius 2 is 1.59 bits per heavy atom. The lowest BCUT2D eigenvalue weighted by Gasteiger charge is -2.05. The van der Waals surface area contributed by atoms with Crippen molar-refractivity contribution in [2.24, 2.45) is 0 Å². The molecule has 0 atom stereocenters. The predicted octanol–water partition coefficient (Wildman–Crippen LogP) is 4.33. The molecule has 0 aliphatic carbocycles. The highest BCUT2D eigenvalue weighted by molar-refractivity contribution is 7.98. The summed E-state index contributed by atoms with van der Waals surface area (Å²) < 4.78 is 0. The highest BCUT2D eigenvalue weighted by Gasteiger charge is 2.03. The van der Waals surface area contributed by atoms with Crippen LogP contribution in [0.5, 0.6) is 0 Å². The van der Waals surface area contributed by atoms with Crippen molar-refractivity contribution in [2.75, 3.05) is 5.73 Å². The van der Waals surface area contributed by atoms with E-state index in [1.807, 2.05) is 13.0 Å². The van der Waals surface area contributed by atoms with E-state index in [2.05, 4.69) is 58.5 Å². The summed E-state index contributed by atoms with van der Waals surface area (Å²) in [6.45, 7) is 1.93. The number of anilines is 1. The van der Waals surface area contributed by atoms with E-state index < -0.39 is 0 Å². The summed E-state index contributed by atoms with van der Waals surface area (Å²) in [6.07, 6.45) is 0. The summed E-state index contributed by atoms with van der Waals surface area (Å²) in [5.41, 5.74) is 10.3. The molecule has 22 heavy (non-hydrogen) atoms. The van der Waals surface area contributed by atoms with Gasteiger partial charge in [-0.05, 0) is 23.6 Å². The maximum atomic E-state index is 5.75. The first-order chi connectivity index (χ1) is 10.7. The van der Waals surface area contributed by atoms with Gasteiger partial charge >= 0.3 is 0 Å². The lowest BCUT2D eigenvalue weighted by atomic mass is 10.0. The molecule has 4 heteroatoms. The van der Waals surface area contributed by atoms with Gasteiger partial charge in [-0.2, -0.15) is 0 Å². The van der Waals surface area contributed by atoms with Crippen LogP contribution >= 0.6 is 11.8 Å². The van der Waals surface area contributed by atoms with Crippen LogP contribution in [0.15, 0.2) is 65.8 Å². The third kappa shape index (κ3) is 3.65. The van der Waals surface area contributed by atoms with E-state index in [-0.39, 0.29) is 0 Å². The molecule has 2 aromatic carbocycles. The van der Waals surface area contributed by atoms with E-state index >= 15 is 0 Å². The average molecular weight is 307 g/mol. The number of benzene rings is 2. The van der Waals surface area contributed by atoms with Gasteiger partial charge in [0.2, 0.25) is 0 Å². The summed E-state index contributed by atoms with van der Waals surface area (Å²) in [6, 6.07) is 20.7. The van der Waals surface area contributed by atoms with E-state index in [4.69, 9.17) is 5.73 Å². The van der Waals surface area contributed by atoms with Gasteiger partial charge in [-0.15, -0.1) is 0 Å². The van der Waals surface area contributed by atoms with Crippen LogP contribution in [0.1, 0.15) is 11.3 Å². The van der Waals surface area contributed by atoms with E-state index in [9.17, 15) is 0 Å². The number of nitrogens with two attached hydrogens (primary N) is 1. The van der Waals surface area contributed by atoms with Crippen LogP contribution < -0.4 is 5.73 Å². The molecule has 3 aromatic rings. The van der Waals surface area contributed by atoms with Crippen molar-refractivity contribution in [2.45, 2.75) is 17.8 Å². The van der Waals surface area contributed by atoms with Gasteiger partial charge in [0.05, 0.1) is 0 Å². The molecule has 0 fully saturated rings. The number of nitrogen functional groups attached to an aromatic ring is 1. The Labute approximate surface area is 134 Å². The first-order valence-electron chi connectivity index (χ1n) is 7.09. The molecule has 0 aliphatic rings. The molecule has 0 saturated carbocycles. The van der Waals surface area contributed by atoms with Crippen molar-refractivity contribution in [1.82, 2.24) is 9.97 Å². The Hall–Kier alpha value is -2.33. The number of hydrogen-bond donors (Lipinski definition) is 1. The lowest BCUT2D eigenvalue weighted by Crippen LogP contribution is -1.96. The molecule has 1 heterocycles. The van der Waals surface area contributed by atoms with Crippen LogP contribution in [-0.4, -0.2) is 9.97 Å². The van der Waals surface area contributed by atoms with Gasteiger partial charge in [0.25, 0.3) is 0 Å². The Balaban J connectivity index is 1.69. The van der Waals surface area contributed by atoms with E-state index in [0.29, 0.717) is 5.82 Å². The number of hydrogen-bond acceptors (Lipinski definition) is 4. The van der Waals surface area contributed by atoms with E-state index in [1.165, 1.54) is 16.7 Å². The molecule has 0 unspecified atom stereocenters. The SMILES string of the molecule is Cc1cc(N)nc(SCc2ccc(-c3ccccc3)cc2)n1. The van der Waals surface area contributed by atoms with Crippen molar-refractivity contribution >= 4 is 17.6 Å². The third-order valence-electron chi connectivity index (χ3n) is 3.28. The zero-order valence-corrected chi connectivity index (χ0v) is 13.2. The number of nitrogens with zero attached hydrogens (tertiary/aromatic N) is 2. The molecule has 3 nitrogen and oxygen atoms in total. The summed E-state index contributed by atoms with van der Waals surface area (Å²) >= 11 is 1.60. The van der Waals surface area contributed by atoms with Gasteiger partial charge in [-0.3, -0.25) is 0 Å². The van der Waals surface area contributed by atoms with Gasteiger partial charge in [0, 0.05) is 17.5 Å². The van der Waals surface area contributed by atoms with Crippen molar-refractivity contribution < 1.29 is 0 Å². The first-order valence-corrected chi connectivity index (χ1v) is 8.07. The summed E-state index contributed by atoms with van der Waals surface area (Å²) in [7, 11) is 0. The smallest absolute Gasteiger partial charge is 0.190 e. The van der Waals surface area contributed by atoms with Gasteiger partial charge in [0.15, 0.2) is 5.16 Å². The highest BCUT2D eigenvalue weighted by atomic mass is 32.2. The Morgan fingerprint density at radius 3 is 2.27 bits per heavy atom. The number of aromatic nitrogens is 2. The standard InChI is InChI=1S/C18H17N3S/c1-13-11-17(19)21-18(20-13)22-12-14-7-9-16(10-8-14)15-5-3-2-4-6-15/h2-11H,12H2,1H3,(H2,19,20,21). The maximum absolute atomic E-state index is 5.75. The molecule has 0 radical (unpaired) electrons. The van der Waals surface area contributed by atoms with Crippen molar-refractivity contribution in [3.8, 4) is 11.1 Å². The molecule has 1 aromatic heterocycles. The molecule has 0 aliphatic heterocycles. The fourth-order valence-electron chi connectivity index (χ4n) is 2.20. The summed E-state index contributed by atoms with van der Waals surface area (Å²) in [4.78, 5) is 8.63. The highest BCUT2D eigenvalue weighted by Crippen LogP contribution is 2.23. The molecular formula is C18H17N3S. The van der Waals surface area contributed by atoms with Gasteiger partial charge in [0.1, 0.15) is 5.82 Å². The second-order valence-electron chi connectivity index (χ2n) is 5.07. The maximum Gasteiger partial charge on any atom is 0.190 e. The minimum atomic E-state index is 0.523. The largest absolute Gasteiger partial charge is 0.384 e. The van der Waals surface area contributed by atoms with Crippen LogP contribution in [0.4, 0.5) is 5.82 Å². The van der Waals surface area contributed by atoms with Crippen LogP contribution in [0.2, 0.25) is 0 Å². The minimum Gasteiger partial charge on any atom is -0.384 e. The Morgan fingerprint density at radius 1 is 0.909 bits per heavy atom. The number of rotatable bonds is 4. The second-order valence-corrected chi connectivity index (χ2v) is 6.01. The predicted molar refractivity (Wildman–Crippen MR) is 92.6 cm³/mol. The molecule has 3 rings (SSSR count). The molecule has 0 spiro atoms. The van der Waals surface area contributed by atoms with Gasteiger partial charge in [-0.25, -0.2) is 9.97 Å². The van der Waals surface area contributed by atoms with Gasteiger partial charge in [-0.1, -0.05) is 66.4 Å². The fourth-order valence-corrected chi connectivity index (χ4v) is 3.07. The molecular weight excluding hydrogens is 290 g/mol. The quantitative estimate of drug-likeness (QED) is 0.576. The fraction of sp³-hybridized carbons (Fsp3) is 0.111. The Kier molecular flexibility index (Phi) is 4.39. The monoisotopic (exact) mass is 307 g/mol. The molecule has 0 saturated heterocycles. The van der Waals surface area contributed by atoms with Gasteiger partial charge < -0.3 is 5.73 Å². The van der Waals surface area contributed by atoms with Crippen LogP contribution in [0.3, 0.4) is 0 Å². The van der Waals surface area contributed by atoms with Crippen molar-refractivity contribution in [1.29, 1.82) is 0 Å². The zero-order valence-electron chi connectivity index (χ0n) is 12.4. The van der Waals surface area contributed by atoms with E-state index in [0.717, 1.165) is 16.6 Å². The first kappa shape index (κ1) is 14.6. The molecule has 110 valence electrons. The zero-order chi connectivity index (χ0) is 15.4. The third-order valence-corrected chi connectivity index (χ3v) is 4.20. The summed E-state index contributed by atoms with van der Waals surface area (Å²) in [5.74, 6) is 1.35. The Bertz CT molecular complexity index is 735. The van der Waals surface area contributed by atoms with E-state index in [1.54, 1.807) is 17.8 Å². The minimum absolute atomic E-state index is 0.523.